The molecule has 1 aliphatic rings. The molecule has 0 spiro atoms. The Morgan fingerprint density at radius 1 is 0.567 bits per heavy atom. The molecule has 0 unspecified atom stereocenters. The highest BCUT2D eigenvalue weighted by molar-refractivity contribution is 7.49. The molecule has 0 saturated carbocycles. The molecule has 0 bridgehead atoms. The van der Waals surface area contributed by atoms with Gasteiger partial charge in [-0.25, -0.2) is 4.90 Å². The van der Waals surface area contributed by atoms with Crippen molar-refractivity contribution in [2.45, 2.75) is 0 Å². The van der Waals surface area contributed by atoms with Gasteiger partial charge in [0.1, 0.15) is 17.2 Å². The lowest BCUT2D eigenvalue weighted by Crippen LogP contribution is -2.29. The van der Waals surface area contributed by atoms with Gasteiger partial charge in [0.25, 0.3) is 11.8 Å². The molecule has 7 nitrogen and oxygen atoms in total. The fraction of sp³-hybridized carbons (Fsp3) is 0. The highest BCUT2D eigenvalue weighted by Gasteiger charge is 2.33. The van der Waals surface area contributed by atoms with E-state index in [1.165, 1.54) is 36.4 Å². The number of hydrogen-bond donors (Lipinski definition) is 0. The zero-order chi connectivity index (χ0) is 21.0. The second-order valence-electron chi connectivity index (χ2n) is 6.19. The molecule has 8 heteroatoms. The molecule has 0 saturated heterocycles. The first-order valence-electron chi connectivity index (χ1n) is 8.98. The Kier molecular flexibility index (Phi) is 5.37. The molecule has 3 aromatic rings. The summed E-state index contributed by atoms with van der Waals surface area (Å²) in [6.45, 7) is 0. The van der Waals surface area contributed by atoms with Gasteiger partial charge in [0.05, 0.1) is 5.69 Å². The van der Waals surface area contributed by atoms with Gasteiger partial charge in [-0.15, -0.1) is 0 Å². The molecule has 1 aliphatic heterocycles. The molecule has 0 N–H and O–H groups in total. The number of para-hydroxylation sites is 2. The first-order valence-corrected chi connectivity index (χ1v) is 10.4. The van der Waals surface area contributed by atoms with E-state index in [-0.39, 0.29) is 5.75 Å². The largest absolute Gasteiger partial charge is 0.647 e. The lowest BCUT2D eigenvalue weighted by atomic mass is 10.3. The molecule has 0 aliphatic carbocycles. The molecular weight excluding hydrogens is 405 g/mol. The van der Waals surface area contributed by atoms with Crippen molar-refractivity contribution < 1.29 is 27.7 Å². The lowest BCUT2D eigenvalue weighted by molar-refractivity contribution is -0.119. The van der Waals surface area contributed by atoms with Crippen LogP contribution in [-0.4, -0.2) is 11.8 Å². The van der Waals surface area contributed by atoms with E-state index in [4.69, 9.17) is 13.6 Å². The van der Waals surface area contributed by atoms with Gasteiger partial charge in [-0.3, -0.25) is 9.59 Å². The standard InChI is InChI=1S/C22H16NO6P/c24-21-15-16-22(25)23(21)17-11-13-20(14-12-17)29-30(26,27-18-7-3-1-4-8-18)28-19-9-5-2-6-10-19/h1-16H. The van der Waals surface area contributed by atoms with E-state index in [1.807, 2.05) is 0 Å². The maximum absolute atomic E-state index is 13.4. The number of amides is 2. The van der Waals surface area contributed by atoms with Crippen LogP contribution in [0.1, 0.15) is 0 Å². The van der Waals surface area contributed by atoms with Gasteiger partial charge in [-0.1, -0.05) is 36.4 Å². The van der Waals surface area contributed by atoms with E-state index in [2.05, 4.69) is 0 Å². The minimum absolute atomic E-state index is 0.181. The number of carbonyl (C=O) groups excluding carboxylic acids is 2. The van der Waals surface area contributed by atoms with Crippen LogP contribution in [0.2, 0.25) is 0 Å². The molecule has 0 atom stereocenters. The summed E-state index contributed by atoms with van der Waals surface area (Å²) in [7, 11) is -4.11. The summed E-state index contributed by atoms with van der Waals surface area (Å²) in [5, 5.41) is 0. The van der Waals surface area contributed by atoms with Crippen molar-refractivity contribution in [3.63, 3.8) is 0 Å². The van der Waals surface area contributed by atoms with E-state index in [0.717, 1.165) is 4.90 Å². The molecule has 0 radical (unpaired) electrons. The van der Waals surface area contributed by atoms with Crippen LogP contribution in [0.15, 0.2) is 97.1 Å². The van der Waals surface area contributed by atoms with Crippen molar-refractivity contribution in [2.24, 2.45) is 0 Å². The second kappa shape index (κ2) is 8.27. The van der Waals surface area contributed by atoms with Gasteiger partial charge in [-0.2, -0.15) is 4.57 Å². The van der Waals surface area contributed by atoms with Gasteiger partial charge in [0, 0.05) is 12.2 Å². The van der Waals surface area contributed by atoms with Crippen LogP contribution in [0.3, 0.4) is 0 Å². The van der Waals surface area contributed by atoms with Gasteiger partial charge < -0.3 is 13.6 Å². The van der Waals surface area contributed by atoms with Crippen LogP contribution in [0, 0.1) is 0 Å². The van der Waals surface area contributed by atoms with Crippen molar-refractivity contribution in [3.8, 4) is 17.2 Å². The molecule has 1 heterocycles. The summed E-state index contributed by atoms with van der Waals surface area (Å²) in [6.07, 6.45) is 2.39. The fourth-order valence-electron chi connectivity index (χ4n) is 2.72. The second-order valence-corrected chi connectivity index (χ2v) is 7.63. The van der Waals surface area contributed by atoms with Crippen LogP contribution in [-0.2, 0) is 14.2 Å². The molecule has 4 rings (SSSR count). The van der Waals surface area contributed by atoms with Crippen molar-refractivity contribution in [1.29, 1.82) is 0 Å². The minimum atomic E-state index is -4.11. The third kappa shape index (κ3) is 4.42. The first-order chi connectivity index (χ1) is 14.5. The molecule has 30 heavy (non-hydrogen) atoms. The predicted molar refractivity (Wildman–Crippen MR) is 110 cm³/mol. The molecule has 0 aromatic heterocycles. The number of carbonyl (C=O) groups is 2. The summed E-state index contributed by atoms with van der Waals surface area (Å²) < 4.78 is 30.1. The number of anilines is 1. The van der Waals surface area contributed by atoms with Gasteiger partial charge in [0.2, 0.25) is 0 Å². The molecular formula is C22H16NO6P. The topological polar surface area (TPSA) is 82.1 Å². The molecule has 3 aromatic carbocycles. The summed E-state index contributed by atoms with van der Waals surface area (Å²) in [5.74, 6) is -0.0558. The number of phosphoric ester groups is 1. The Labute approximate surface area is 172 Å². The van der Waals surface area contributed by atoms with Gasteiger partial charge >= 0.3 is 7.82 Å². The Bertz CT molecular complexity index is 1070. The maximum atomic E-state index is 13.4. The molecule has 150 valence electrons. The van der Waals surface area contributed by atoms with E-state index < -0.39 is 19.6 Å². The quantitative estimate of drug-likeness (QED) is 0.404. The van der Waals surface area contributed by atoms with Crippen molar-refractivity contribution >= 4 is 25.3 Å². The SMILES string of the molecule is O=C1C=CC(=O)N1c1ccc(OP(=O)(Oc2ccccc2)Oc2ccccc2)cc1. The van der Waals surface area contributed by atoms with E-state index in [1.54, 1.807) is 60.7 Å². The maximum Gasteiger partial charge on any atom is 0.647 e. The summed E-state index contributed by atoms with van der Waals surface area (Å²) in [6, 6.07) is 23.0. The number of imide groups is 1. The average Bonchev–Trinajstić information content (AvgIpc) is 3.08. The Balaban J connectivity index is 1.57. The van der Waals surface area contributed by atoms with Crippen LogP contribution < -0.4 is 18.5 Å². The van der Waals surface area contributed by atoms with Gasteiger partial charge in [-0.05, 0) is 48.5 Å². The smallest absolute Gasteiger partial charge is 0.386 e. The summed E-state index contributed by atoms with van der Waals surface area (Å²) >= 11 is 0. The number of benzene rings is 3. The Morgan fingerprint density at radius 2 is 0.967 bits per heavy atom. The number of phosphoric acid groups is 1. The van der Waals surface area contributed by atoms with Crippen LogP contribution in [0.5, 0.6) is 17.2 Å². The first kappa shape index (κ1) is 19.5. The van der Waals surface area contributed by atoms with E-state index in [9.17, 15) is 14.2 Å². The zero-order valence-electron chi connectivity index (χ0n) is 15.6. The lowest BCUT2D eigenvalue weighted by Gasteiger charge is -2.20. The summed E-state index contributed by atoms with van der Waals surface area (Å²) in [4.78, 5) is 24.6. The Hall–Kier alpha value is -3.83. The van der Waals surface area contributed by atoms with Crippen molar-refractivity contribution in [1.82, 2.24) is 0 Å². The van der Waals surface area contributed by atoms with Crippen molar-refractivity contribution in [3.05, 3.63) is 97.1 Å². The number of hydrogen-bond acceptors (Lipinski definition) is 6. The monoisotopic (exact) mass is 421 g/mol. The van der Waals surface area contributed by atoms with Gasteiger partial charge in [0.15, 0.2) is 0 Å². The van der Waals surface area contributed by atoms with E-state index >= 15 is 0 Å². The molecule has 2 amide bonds. The van der Waals surface area contributed by atoms with Crippen LogP contribution in [0.25, 0.3) is 0 Å². The van der Waals surface area contributed by atoms with E-state index in [0.29, 0.717) is 17.2 Å². The van der Waals surface area contributed by atoms with Crippen molar-refractivity contribution in [2.75, 3.05) is 4.90 Å². The molecule has 0 fully saturated rings. The van der Waals surface area contributed by atoms with Crippen LogP contribution in [0.4, 0.5) is 5.69 Å². The summed E-state index contributed by atoms with van der Waals surface area (Å²) in [5.41, 5.74) is 0.366. The fourth-order valence-corrected chi connectivity index (χ4v) is 3.97. The average molecular weight is 421 g/mol. The highest BCUT2D eigenvalue weighted by Crippen LogP contribution is 2.49. The number of nitrogens with zero attached hydrogens (tertiary/aromatic N) is 1. The minimum Gasteiger partial charge on any atom is -0.386 e. The third-order valence-electron chi connectivity index (χ3n) is 4.04. The zero-order valence-corrected chi connectivity index (χ0v) is 16.5. The normalized spacial score (nSPS) is 13.4. The number of rotatable bonds is 7. The third-order valence-corrected chi connectivity index (χ3v) is 5.35. The predicted octanol–water partition coefficient (Wildman–Crippen LogP) is 4.76. The highest BCUT2D eigenvalue weighted by atomic mass is 31.2. The Morgan fingerprint density at radius 3 is 1.40 bits per heavy atom. The van der Waals surface area contributed by atoms with Crippen LogP contribution >= 0.6 is 7.82 Å².